The molecule has 2 aliphatic heterocycles. The number of amides is 2. The van der Waals surface area contributed by atoms with E-state index in [2.05, 4.69) is 17.3 Å². The number of hydrogen-bond donors (Lipinski definition) is 1. The number of aromatic nitrogens is 2. The van der Waals surface area contributed by atoms with Gasteiger partial charge in [0.2, 0.25) is 5.91 Å². The Labute approximate surface area is 164 Å². The summed E-state index contributed by atoms with van der Waals surface area (Å²) in [7, 11) is 1.92. The van der Waals surface area contributed by atoms with E-state index in [1.54, 1.807) is 0 Å². The second kappa shape index (κ2) is 6.19. The van der Waals surface area contributed by atoms with E-state index in [1.165, 1.54) is 12.8 Å². The molecule has 2 aromatic rings. The van der Waals surface area contributed by atoms with E-state index >= 15 is 0 Å². The molecule has 28 heavy (non-hydrogen) atoms. The number of nitrogens with zero attached hydrogens (tertiary/aromatic N) is 3. The van der Waals surface area contributed by atoms with Crippen LogP contribution in [0.15, 0.2) is 30.3 Å². The monoisotopic (exact) mass is 378 g/mol. The molecule has 1 N–H and O–H groups in total. The number of carbonyl (C=O) groups is 2. The fourth-order valence-electron chi connectivity index (χ4n) is 5.21. The molecule has 5 rings (SSSR count). The van der Waals surface area contributed by atoms with Gasteiger partial charge in [0.15, 0.2) is 5.69 Å². The molecule has 146 valence electrons. The third kappa shape index (κ3) is 2.36. The first kappa shape index (κ1) is 17.5. The van der Waals surface area contributed by atoms with Crippen molar-refractivity contribution in [2.45, 2.75) is 56.4 Å². The van der Waals surface area contributed by atoms with Crippen LogP contribution in [0.5, 0.6) is 0 Å². The molecule has 2 amide bonds. The Morgan fingerprint density at radius 3 is 2.86 bits per heavy atom. The van der Waals surface area contributed by atoms with E-state index in [0.717, 1.165) is 29.8 Å². The Morgan fingerprint density at radius 2 is 2.11 bits per heavy atom. The molecule has 1 spiro atoms. The van der Waals surface area contributed by atoms with Crippen molar-refractivity contribution in [3.8, 4) is 0 Å². The number of nitrogens with one attached hydrogen (secondary N) is 1. The molecule has 6 nitrogen and oxygen atoms in total. The second-order valence-electron chi connectivity index (χ2n) is 8.38. The van der Waals surface area contributed by atoms with Crippen LogP contribution in [0.25, 0.3) is 0 Å². The lowest BCUT2D eigenvalue weighted by atomic mass is 9.73. The summed E-state index contributed by atoms with van der Waals surface area (Å²) in [6, 6.07) is 9.73. The van der Waals surface area contributed by atoms with Gasteiger partial charge in [-0.25, -0.2) is 0 Å². The van der Waals surface area contributed by atoms with Gasteiger partial charge in [-0.15, -0.1) is 0 Å². The molecule has 0 unspecified atom stereocenters. The van der Waals surface area contributed by atoms with Crippen molar-refractivity contribution in [3.63, 3.8) is 0 Å². The minimum Gasteiger partial charge on any atom is -0.333 e. The third-order valence-electron chi connectivity index (χ3n) is 6.71. The largest absolute Gasteiger partial charge is 0.333 e. The van der Waals surface area contributed by atoms with Crippen molar-refractivity contribution in [3.05, 3.63) is 47.3 Å². The minimum absolute atomic E-state index is 0.0298. The Bertz CT molecular complexity index is 961. The van der Waals surface area contributed by atoms with E-state index in [9.17, 15) is 9.59 Å². The first-order valence-corrected chi connectivity index (χ1v) is 10.3. The van der Waals surface area contributed by atoms with E-state index in [-0.39, 0.29) is 17.9 Å². The zero-order chi connectivity index (χ0) is 19.5. The molecule has 2 atom stereocenters. The molecule has 6 heteroatoms. The second-order valence-corrected chi connectivity index (χ2v) is 8.38. The number of hydrogen-bond acceptors (Lipinski definition) is 3. The highest BCUT2D eigenvalue weighted by molar-refractivity contribution is 6.08. The van der Waals surface area contributed by atoms with Gasteiger partial charge in [-0.2, -0.15) is 5.10 Å². The molecule has 1 saturated carbocycles. The summed E-state index contributed by atoms with van der Waals surface area (Å²) in [6.45, 7) is 2.69. The average molecular weight is 378 g/mol. The number of likely N-dealkylation sites (tertiary alicyclic amines) is 1. The quantitative estimate of drug-likeness (QED) is 0.888. The van der Waals surface area contributed by atoms with Gasteiger partial charge >= 0.3 is 0 Å². The number of carbonyl (C=O) groups excluding carboxylic acids is 2. The Morgan fingerprint density at radius 1 is 1.32 bits per heavy atom. The molecule has 3 aliphatic rings. The summed E-state index contributed by atoms with van der Waals surface area (Å²) in [4.78, 5) is 28.5. The number of aryl methyl sites for hydroxylation is 1. The van der Waals surface area contributed by atoms with Crippen LogP contribution in [-0.4, -0.2) is 39.1 Å². The van der Waals surface area contributed by atoms with Gasteiger partial charge in [-0.05, 0) is 43.4 Å². The molecule has 2 fully saturated rings. The SMILES string of the molecule is CCC[C@@H]1N(C(=O)c2cc(C3CC3)n(C)n2)CC[C@@]12C(=O)Nc1ccccc12. The van der Waals surface area contributed by atoms with Crippen LogP contribution < -0.4 is 5.32 Å². The summed E-state index contributed by atoms with van der Waals surface area (Å²) >= 11 is 0. The van der Waals surface area contributed by atoms with Gasteiger partial charge in [-0.3, -0.25) is 14.3 Å². The maximum absolute atomic E-state index is 13.4. The lowest BCUT2D eigenvalue weighted by Crippen LogP contribution is -2.48. The molecule has 1 aromatic carbocycles. The van der Waals surface area contributed by atoms with Gasteiger partial charge < -0.3 is 10.2 Å². The van der Waals surface area contributed by atoms with Gasteiger partial charge in [0.05, 0.1) is 11.5 Å². The lowest BCUT2D eigenvalue weighted by molar-refractivity contribution is -0.121. The highest BCUT2D eigenvalue weighted by atomic mass is 16.2. The zero-order valence-electron chi connectivity index (χ0n) is 16.4. The van der Waals surface area contributed by atoms with Crippen molar-refractivity contribution in [1.29, 1.82) is 0 Å². The Kier molecular flexibility index (Phi) is 3.86. The van der Waals surface area contributed by atoms with Crippen LogP contribution in [0.3, 0.4) is 0 Å². The zero-order valence-corrected chi connectivity index (χ0v) is 16.4. The topological polar surface area (TPSA) is 67.2 Å². The third-order valence-corrected chi connectivity index (χ3v) is 6.71. The number of benzene rings is 1. The Balaban J connectivity index is 1.52. The molecule has 1 saturated heterocycles. The highest BCUT2D eigenvalue weighted by Crippen LogP contribution is 2.49. The molecular formula is C22H26N4O2. The van der Waals surface area contributed by atoms with E-state index < -0.39 is 5.41 Å². The maximum atomic E-state index is 13.4. The average Bonchev–Trinajstić information content (AvgIpc) is 3.26. The fraction of sp³-hybridized carbons (Fsp3) is 0.500. The molecule has 0 bridgehead atoms. The van der Waals surface area contributed by atoms with Gasteiger partial charge in [0, 0.05) is 30.9 Å². The number of anilines is 1. The van der Waals surface area contributed by atoms with Crippen molar-refractivity contribution in [2.75, 3.05) is 11.9 Å². The normalized spacial score (nSPS) is 26.0. The van der Waals surface area contributed by atoms with Gasteiger partial charge in [0.25, 0.3) is 5.91 Å². The van der Waals surface area contributed by atoms with Crippen LogP contribution in [0.2, 0.25) is 0 Å². The van der Waals surface area contributed by atoms with Crippen LogP contribution in [0.4, 0.5) is 5.69 Å². The van der Waals surface area contributed by atoms with Crippen molar-refractivity contribution < 1.29 is 9.59 Å². The van der Waals surface area contributed by atoms with Crippen LogP contribution in [-0.2, 0) is 17.3 Å². The smallest absolute Gasteiger partial charge is 0.274 e. The number of fused-ring (bicyclic) bond motifs is 2. The summed E-state index contributed by atoms with van der Waals surface area (Å²) in [5.41, 5.74) is 2.93. The molecule has 0 radical (unpaired) electrons. The van der Waals surface area contributed by atoms with Crippen LogP contribution in [0, 0.1) is 0 Å². The van der Waals surface area contributed by atoms with Crippen molar-refractivity contribution >= 4 is 17.5 Å². The Hall–Kier alpha value is -2.63. The highest BCUT2D eigenvalue weighted by Gasteiger charge is 2.58. The maximum Gasteiger partial charge on any atom is 0.274 e. The van der Waals surface area contributed by atoms with Crippen LogP contribution >= 0.6 is 0 Å². The summed E-state index contributed by atoms with van der Waals surface area (Å²) in [6.07, 6.45) is 4.73. The predicted octanol–water partition coefficient (Wildman–Crippen LogP) is 3.20. The van der Waals surface area contributed by atoms with Gasteiger partial charge in [-0.1, -0.05) is 31.5 Å². The number of rotatable bonds is 4. The standard InChI is InChI=1S/C22H26N4O2/c1-3-6-19-22(15-7-4-5-8-16(15)23-21(22)28)11-12-26(19)20(27)17-13-18(14-9-10-14)25(2)24-17/h4-5,7-8,13-14,19H,3,6,9-12H2,1-2H3,(H,23,28)/t19-,22-/m0/s1. The lowest BCUT2D eigenvalue weighted by Gasteiger charge is -2.33. The molecular weight excluding hydrogens is 352 g/mol. The summed E-state index contributed by atoms with van der Waals surface area (Å²) < 4.78 is 1.85. The van der Waals surface area contributed by atoms with Crippen LogP contribution in [0.1, 0.15) is 66.7 Å². The molecule has 3 heterocycles. The van der Waals surface area contributed by atoms with E-state index in [1.807, 2.05) is 47.0 Å². The van der Waals surface area contributed by atoms with Gasteiger partial charge in [0.1, 0.15) is 0 Å². The summed E-state index contributed by atoms with van der Waals surface area (Å²) in [5, 5.41) is 7.57. The van der Waals surface area contributed by atoms with E-state index in [4.69, 9.17) is 0 Å². The molecule has 1 aliphatic carbocycles. The number of para-hydroxylation sites is 1. The fourth-order valence-corrected chi connectivity index (χ4v) is 5.21. The minimum atomic E-state index is -0.642. The first-order chi connectivity index (χ1) is 13.6. The van der Waals surface area contributed by atoms with E-state index in [0.29, 0.717) is 24.6 Å². The van der Waals surface area contributed by atoms with Crippen molar-refractivity contribution in [2.24, 2.45) is 7.05 Å². The predicted molar refractivity (Wildman–Crippen MR) is 106 cm³/mol. The first-order valence-electron chi connectivity index (χ1n) is 10.3. The van der Waals surface area contributed by atoms with Crippen molar-refractivity contribution in [1.82, 2.24) is 14.7 Å². The summed E-state index contributed by atoms with van der Waals surface area (Å²) in [5.74, 6) is 0.528. The molecule has 1 aromatic heterocycles.